The Bertz CT molecular complexity index is 986. The third-order valence-electron chi connectivity index (χ3n) is 3.89. The molecule has 0 radical (unpaired) electrons. The Morgan fingerprint density at radius 1 is 1.22 bits per heavy atom. The van der Waals surface area contributed by atoms with Crippen LogP contribution in [0.4, 0.5) is 10.1 Å². The molecule has 138 valence electrons. The third kappa shape index (κ3) is 4.17. The van der Waals surface area contributed by atoms with E-state index in [9.17, 15) is 14.0 Å². The Balaban J connectivity index is 1.61. The van der Waals surface area contributed by atoms with E-state index in [1.807, 2.05) is 0 Å². The predicted molar refractivity (Wildman–Crippen MR) is 96.1 cm³/mol. The topological polar surface area (TPSA) is 86.1 Å². The lowest BCUT2D eigenvalue weighted by Crippen LogP contribution is -2.21. The molecule has 2 heterocycles. The molecule has 2 aromatic heterocycles. The van der Waals surface area contributed by atoms with Gasteiger partial charge in [0, 0.05) is 11.9 Å². The summed E-state index contributed by atoms with van der Waals surface area (Å²) in [5.41, 5.74) is 1.53. The molecule has 1 aromatic carbocycles. The van der Waals surface area contributed by atoms with Gasteiger partial charge in [-0.3, -0.25) is 4.79 Å². The zero-order valence-corrected chi connectivity index (χ0v) is 14.8. The maximum Gasteiger partial charge on any atom is 0.342 e. The van der Waals surface area contributed by atoms with E-state index in [1.165, 1.54) is 16.9 Å². The van der Waals surface area contributed by atoms with Gasteiger partial charge >= 0.3 is 5.97 Å². The number of halogens is 1. The normalized spacial score (nSPS) is 10.5. The van der Waals surface area contributed by atoms with Crippen LogP contribution in [0.1, 0.15) is 21.6 Å². The fourth-order valence-corrected chi connectivity index (χ4v) is 2.40. The average molecular weight is 368 g/mol. The van der Waals surface area contributed by atoms with Crippen LogP contribution in [0.15, 0.2) is 48.8 Å². The van der Waals surface area contributed by atoms with Crippen LogP contribution in [0.2, 0.25) is 0 Å². The minimum absolute atomic E-state index is 0.231. The van der Waals surface area contributed by atoms with E-state index in [4.69, 9.17) is 4.74 Å². The smallest absolute Gasteiger partial charge is 0.342 e. The minimum atomic E-state index is -0.681. The summed E-state index contributed by atoms with van der Waals surface area (Å²) in [5.74, 6) is -1.11. The number of esters is 1. The second-order valence-electron chi connectivity index (χ2n) is 5.83. The highest BCUT2D eigenvalue weighted by atomic mass is 19.1. The van der Waals surface area contributed by atoms with Crippen molar-refractivity contribution in [3.63, 3.8) is 0 Å². The molecule has 0 unspecified atom stereocenters. The van der Waals surface area contributed by atoms with Crippen molar-refractivity contribution in [3.8, 4) is 5.82 Å². The molecule has 1 amide bonds. The number of carbonyl (C=O) groups is 2. The summed E-state index contributed by atoms with van der Waals surface area (Å²) in [6.07, 6.45) is 2.98. The summed E-state index contributed by atoms with van der Waals surface area (Å²) in [6, 6.07) is 9.65. The van der Waals surface area contributed by atoms with Crippen LogP contribution in [-0.2, 0) is 9.53 Å². The second kappa shape index (κ2) is 7.77. The molecule has 8 heteroatoms. The number of hydrogen-bond donors (Lipinski definition) is 1. The average Bonchev–Trinajstić information content (AvgIpc) is 3.05. The van der Waals surface area contributed by atoms with E-state index in [1.54, 1.807) is 50.4 Å². The lowest BCUT2D eigenvalue weighted by Gasteiger charge is -2.07. The summed E-state index contributed by atoms with van der Waals surface area (Å²) < 4.78 is 20.0. The molecule has 27 heavy (non-hydrogen) atoms. The van der Waals surface area contributed by atoms with Crippen molar-refractivity contribution in [1.82, 2.24) is 14.8 Å². The van der Waals surface area contributed by atoms with E-state index in [0.717, 1.165) is 0 Å². The second-order valence-corrected chi connectivity index (χ2v) is 5.83. The number of nitrogens with one attached hydrogen (secondary N) is 1. The largest absolute Gasteiger partial charge is 0.452 e. The minimum Gasteiger partial charge on any atom is -0.452 e. The SMILES string of the molecule is Cc1ccc(NC(=O)COC(=O)c2cnn(-c3ccccn3)c2C)cc1F. The molecule has 7 nitrogen and oxygen atoms in total. The van der Waals surface area contributed by atoms with Gasteiger partial charge in [-0.25, -0.2) is 18.9 Å². The van der Waals surface area contributed by atoms with Crippen molar-refractivity contribution in [2.24, 2.45) is 0 Å². The number of anilines is 1. The van der Waals surface area contributed by atoms with Gasteiger partial charge in [0.25, 0.3) is 5.91 Å². The number of nitrogens with zero attached hydrogens (tertiary/aromatic N) is 3. The number of carbonyl (C=O) groups excluding carboxylic acids is 2. The van der Waals surface area contributed by atoms with Gasteiger partial charge in [0.15, 0.2) is 12.4 Å². The zero-order chi connectivity index (χ0) is 19.4. The Kier molecular flexibility index (Phi) is 5.25. The van der Waals surface area contributed by atoms with Gasteiger partial charge in [-0.1, -0.05) is 12.1 Å². The lowest BCUT2D eigenvalue weighted by atomic mass is 10.2. The summed E-state index contributed by atoms with van der Waals surface area (Å²) in [4.78, 5) is 28.3. The monoisotopic (exact) mass is 368 g/mol. The van der Waals surface area contributed by atoms with Crippen LogP contribution in [0.25, 0.3) is 5.82 Å². The summed E-state index contributed by atoms with van der Waals surface area (Å²) in [6.45, 7) is 2.83. The van der Waals surface area contributed by atoms with Crippen LogP contribution < -0.4 is 5.32 Å². The van der Waals surface area contributed by atoms with Crippen molar-refractivity contribution in [1.29, 1.82) is 0 Å². The van der Waals surface area contributed by atoms with Crippen molar-refractivity contribution in [2.45, 2.75) is 13.8 Å². The number of aryl methyl sites for hydroxylation is 1. The molecule has 3 aromatic rings. The fourth-order valence-electron chi connectivity index (χ4n) is 2.40. The van der Waals surface area contributed by atoms with Crippen molar-refractivity contribution < 1.29 is 18.7 Å². The summed E-state index contributed by atoms with van der Waals surface area (Å²) in [7, 11) is 0. The number of hydrogen-bond acceptors (Lipinski definition) is 5. The van der Waals surface area contributed by atoms with Gasteiger partial charge in [0.05, 0.1) is 11.9 Å². The molecular weight excluding hydrogens is 351 g/mol. The third-order valence-corrected chi connectivity index (χ3v) is 3.89. The summed E-state index contributed by atoms with van der Waals surface area (Å²) in [5, 5.41) is 6.61. The van der Waals surface area contributed by atoms with Gasteiger partial charge in [0.1, 0.15) is 11.4 Å². The summed E-state index contributed by atoms with van der Waals surface area (Å²) >= 11 is 0. The molecule has 0 fully saturated rings. The van der Waals surface area contributed by atoms with Gasteiger partial charge in [-0.2, -0.15) is 5.10 Å². The Morgan fingerprint density at radius 3 is 2.74 bits per heavy atom. The van der Waals surface area contributed by atoms with E-state index >= 15 is 0 Å². The molecular formula is C19H17FN4O3. The first-order valence-electron chi connectivity index (χ1n) is 8.15. The maximum absolute atomic E-state index is 13.5. The first-order chi connectivity index (χ1) is 13.0. The zero-order valence-electron chi connectivity index (χ0n) is 14.8. The van der Waals surface area contributed by atoms with Crippen LogP contribution in [0.5, 0.6) is 0 Å². The van der Waals surface area contributed by atoms with Gasteiger partial charge in [-0.05, 0) is 43.7 Å². The standard InChI is InChI=1S/C19H17FN4O3/c1-12-6-7-14(9-16(12)20)23-18(25)11-27-19(26)15-10-22-24(13(15)2)17-5-3-4-8-21-17/h3-10H,11H2,1-2H3,(H,23,25). The maximum atomic E-state index is 13.5. The van der Waals surface area contributed by atoms with E-state index in [2.05, 4.69) is 15.4 Å². The quantitative estimate of drug-likeness (QED) is 0.700. The lowest BCUT2D eigenvalue weighted by molar-refractivity contribution is -0.119. The number of benzene rings is 1. The van der Waals surface area contributed by atoms with Crippen LogP contribution in [-0.4, -0.2) is 33.2 Å². The van der Waals surface area contributed by atoms with Crippen molar-refractivity contribution >= 4 is 17.6 Å². The Morgan fingerprint density at radius 2 is 2.04 bits per heavy atom. The Hall–Kier alpha value is -3.55. The van der Waals surface area contributed by atoms with Crippen LogP contribution in [0.3, 0.4) is 0 Å². The highest BCUT2D eigenvalue weighted by Gasteiger charge is 2.18. The molecule has 0 saturated carbocycles. The molecule has 1 N–H and O–H groups in total. The van der Waals surface area contributed by atoms with Crippen LogP contribution in [0, 0.1) is 19.7 Å². The molecule has 0 aliphatic rings. The van der Waals surface area contributed by atoms with E-state index in [0.29, 0.717) is 22.8 Å². The molecule has 0 saturated heterocycles. The van der Waals surface area contributed by atoms with E-state index in [-0.39, 0.29) is 5.56 Å². The number of rotatable bonds is 5. The predicted octanol–water partition coefficient (Wildman–Crippen LogP) is 2.82. The molecule has 0 aliphatic heterocycles. The molecule has 0 spiro atoms. The van der Waals surface area contributed by atoms with Gasteiger partial charge in [-0.15, -0.1) is 0 Å². The number of ether oxygens (including phenoxy) is 1. The van der Waals surface area contributed by atoms with Crippen molar-refractivity contribution in [2.75, 3.05) is 11.9 Å². The van der Waals surface area contributed by atoms with Crippen LogP contribution >= 0.6 is 0 Å². The fraction of sp³-hybridized carbons (Fsp3) is 0.158. The molecule has 0 bridgehead atoms. The molecule has 0 atom stereocenters. The van der Waals surface area contributed by atoms with Gasteiger partial charge in [0.2, 0.25) is 0 Å². The Labute approximate surface area is 154 Å². The van der Waals surface area contributed by atoms with E-state index < -0.39 is 24.3 Å². The molecule has 3 rings (SSSR count). The highest BCUT2D eigenvalue weighted by molar-refractivity contribution is 5.95. The first kappa shape index (κ1) is 18.2. The van der Waals surface area contributed by atoms with Gasteiger partial charge < -0.3 is 10.1 Å². The molecule has 0 aliphatic carbocycles. The number of pyridine rings is 1. The van der Waals surface area contributed by atoms with Crippen molar-refractivity contribution in [3.05, 3.63) is 71.4 Å². The highest BCUT2D eigenvalue weighted by Crippen LogP contribution is 2.15. The number of amides is 1. The number of aromatic nitrogens is 3. The first-order valence-corrected chi connectivity index (χ1v) is 8.15.